The van der Waals surface area contributed by atoms with E-state index in [2.05, 4.69) is 40.5 Å². The first-order valence-electron chi connectivity index (χ1n) is 8.59. The summed E-state index contributed by atoms with van der Waals surface area (Å²) in [7, 11) is 0. The molecule has 2 aliphatic heterocycles. The van der Waals surface area contributed by atoms with E-state index in [0.717, 1.165) is 45.7 Å². The topological polar surface area (TPSA) is 35.6 Å². The van der Waals surface area contributed by atoms with Gasteiger partial charge in [-0.05, 0) is 31.4 Å². The minimum Gasteiger partial charge on any atom is -0.340 e. The second-order valence-corrected chi connectivity index (χ2v) is 6.40. The summed E-state index contributed by atoms with van der Waals surface area (Å²) >= 11 is 0. The Hall–Kier alpha value is -1.39. The van der Waals surface area contributed by atoms with Crippen molar-refractivity contribution in [3.63, 3.8) is 0 Å². The van der Waals surface area contributed by atoms with E-state index in [4.69, 9.17) is 0 Å². The molecule has 0 saturated carbocycles. The van der Waals surface area contributed by atoms with Crippen molar-refractivity contribution in [3.8, 4) is 0 Å². The molecule has 2 fully saturated rings. The van der Waals surface area contributed by atoms with E-state index in [1.165, 1.54) is 18.4 Å². The molecule has 1 atom stereocenters. The number of hydrogen-bond acceptors (Lipinski definition) is 3. The van der Waals surface area contributed by atoms with Gasteiger partial charge < -0.3 is 10.2 Å². The third-order valence-electron chi connectivity index (χ3n) is 4.90. The Morgan fingerprint density at radius 1 is 1.14 bits per heavy atom. The summed E-state index contributed by atoms with van der Waals surface area (Å²) in [6.45, 7) is 5.67. The van der Waals surface area contributed by atoms with Crippen molar-refractivity contribution in [1.82, 2.24) is 15.1 Å². The summed E-state index contributed by atoms with van der Waals surface area (Å²) in [5, 5.41) is 3.30. The van der Waals surface area contributed by atoms with Crippen LogP contribution < -0.4 is 5.32 Å². The maximum Gasteiger partial charge on any atom is 0.223 e. The molecule has 0 aromatic heterocycles. The zero-order chi connectivity index (χ0) is 15.2. The molecular formula is C18H27N3O. The molecule has 1 aromatic carbocycles. The number of nitrogens with zero attached hydrogens (tertiary/aromatic N) is 2. The van der Waals surface area contributed by atoms with E-state index in [1.54, 1.807) is 0 Å². The van der Waals surface area contributed by atoms with Gasteiger partial charge in [0, 0.05) is 45.2 Å². The number of rotatable bonds is 5. The highest BCUT2D eigenvalue weighted by Crippen LogP contribution is 2.21. The molecule has 0 bridgehead atoms. The number of amides is 1. The first-order valence-corrected chi connectivity index (χ1v) is 8.59. The molecule has 4 nitrogen and oxygen atoms in total. The Morgan fingerprint density at radius 2 is 1.91 bits per heavy atom. The highest BCUT2D eigenvalue weighted by molar-refractivity contribution is 5.76. The normalized spacial score (nSPS) is 22.9. The zero-order valence-corrected chi connectivity index (χ0v) is 13.3. The molecule has 120 valence electrons. The van der Waals surface area contributed by atoms with Gasteiger partial charge in [0.25, 0.3) is 0 Å². The number of hydrogen-bond donors (Lipinski definition) is 1. The Kier molecular flexibility index (Phi) is 5.46. The molecule has 1 N–H and O–H groups in total. The van der Waals surface area contributed by atoms with Crippen molar-refractivity contribution >= 4 is 5.91 Å². The summed E-state index contributed by atoms with van der Waals surface area (Å²) in [6.07, 6.45) is 4.31. The molecule has 22 heavy (non-hydrogen) atoms. The van der Waals surface area contributed by atoms with E-state index in [1.807, 2.05) is 4.90 Å². The second kappa shape index (κ2) is 7.75. The molecule has 1 amide bonds. The number of likely N-dealkylation sites (tertiary alicyclic amines) is 1. The zero-order valence-electron chi connectivity index (χ0n) is 13.3. The van der Waals surface area contributed by atoms with Gasteiger partial charge >= 0.3 is 0 Å². The van der Waals surface area contributed by atoms with Crippen LogP contribution in [0.4, 0.5) is 0 Å². The third kappa shape index (κ3) is 4.08. The number of nitrogens with one attached hydrogen (secondary N) is 1. The van der Waals surface area contributed by atoms with E-state index in [0.29, 0.717) is 18.4 Å². The van der Waals surface area contributed by atoms with Gasteiger partial charge in [0.15, 0.2) is 0 Å². The van der Waals surface area contributed by atoms with Gasteiger partial charge in [-0.3, -0.25) is 9.69 Å². The van der Waals surface area contributed by atoms with E-state index < -0.39 is 0 Å². The van der Waals surface area contributed by atoms with Gasteiger partial charge in [-0.2, -0.15) is 0 Å². The van der Waals surface area contributed by atoms with Crippen LogP contribution in [0, 0.1) is 0 Å². The lowest BCUT2D eigenvalue weighted by Gasteiger charge is -2.29. The van der Waals surface area contributed by atoms with Crippen LogP contribution in [0.1, 0.15) is 24.8 Å². The Labute approximate surface area is 133 Å². The van der Waals surface area contributed by atoms with Crippen molar-refractivity contribution in [2.75, 3.05) is 39.3 Å². The first-order chi connectivity index (χ1) is 10.8. The van der Waals surface area contributed by atoms with Gasteiger partial charge in [0.05, 0.1) is 0 Å². The molecule has 1 aromatic rings. The van der Waals surface area contributed by atoms with Crippen LogP contribution in [0.5, 0.6) is 0 Å². The highest BCUT2D eigenvalue weighted by atomic mass is 16.2. The minimum absolute atomic E-state index is 0.326. The smallest absolute Gasteiger partial charge is 0.223 e. The van der Waals surface area contributed by atoms with Crippen molar-refractivity contribution in [3.05, 3.63) is 35.9 Å². The molecular weight excluding hydrogens is 274 g/mol. The highest BCUT2D eigenvalue weighted by Gasteiger charge is 2.25. The van der Waals surface area contributed by atoms with Crippen molar-refractivity contribution in [1.29, 1.82) is 0 Å². The first kappa shape index (κ1) is 15.5. The lowest BCUT2D eigenvalue weighted by atomic mass is 10.0. The quantitative estimate of drug-likeness (QED) is 0.895. The molecule has 0 radical (unpaired) electrons. The van der Waals surface area contributed by atoms with Gasteiger partial charge in [0.1, 0.15) is 0 Å². The lowest BCUT2D eigenvalue weighted by molar-refractivity contribution is -0.132. The van der Waals surface area contributed by atoms with Gasteiger partial charge in [0.2, 0.25) is 5.91 Å². The Morgan fingerprint density at radius 3 is 2.68 bits per heavy atom. The number of carbonyl (C=O) groups excluding carboxylic acids is 1. The van der Waals surface area contributed by atoms with Crippen molar-refractivity contribution in [2.24, 2.45) is 0 Å². The summed E-state index contributed by atoms with van der Waals surface area (Å²) in [4.78, 5) is 16.8. The molecule has 0 spiro atoms. The summed E-state index contributed by atoms with van der Waals surface area (Å²) in [5.41, 5.74) is 1.41. The van der Waals surface area contributed by atoms with Gasteiger partial charge in [-0.15, -0.1) is 0 Å². The fourth-order valence-electron chi connectivity index (χ4n) is 3.62. The summed E-state index contributed by atoms with van der Waals surface area (Å²) in [6, 6.07) is 11.3. The maximum atomic E-state index is 12.3. The predicted molar refractivity (Wildman–Crippen MR) is 88.8 cm³/mol. The number of benzene rings is 1. The average molecular weight is 301 g/mol. The SMILES string of the molecule is O=C(CCN1CCCC1Cc1ccccc1)N1CCNCC1. The van der Waals surface area contributed by atoms with E-state index in [9.17, 15) is 4.79 Å². The number of piperazine rings is 1. The van der Waals surface area contributed by atoms with Crippen LogP contribution in [-0.2, 0) is 11.2 Å². The van der Waals surface area contributed by atoms with Gasteiger partial charge in [-0.25, -0.2) is 0 Å². The minimum atomic E-state index is 0.326. The predicted octanol–water partition coefficient (Wildman–Crippen LogP) is 1.52. The average Bonchev–Trinajstić information content (AvgIpc) is 3.01. The van der Waals surface area contributed by atoms with Crippen LogP contribution in [0.3, 0.4) is 0 Å². The molecule has 2 heterocycles. The van der Waals surface area contributed by atoms with Crippen LogP contribution in [-0.4, -0.2) is 61.0 Å². The monoisotopic (exact) mass is 301 g/mol. The Bertz CT molecular complexity index is 470. The van der Waals surface area contributed by atoms with E-state index >= 15 is 0 Å². The molecule has 1 unspecified atom stereocenters. The number of carbonyl (C=O) groups is 1. The van der Waals surface area contributed by atoms with Gasteiger partial charge in [-0.1, -0.05) is 30.3 Å². The molecule has 2 saturated heterocycles. The van der Waals surface area contributed by atoms with Crippen LogP contribution in [0.2, 0.25) is 0 Å². The Balaban J connectivity index is 1.47. The van der Waals surface area contributed by atoms with Crippen molar-refractivity contribution in [2.45, 2.75) is 31.7 Å². The molecule has 4 heteroatoms. The molecule has 3 rings (SSSR count). The van der Waals surface area contributed by atoms with Crippen LogP contribution in [0.25, 0.3) is 0 Å². The van der Waals surface area contributed by atoms with Crippen molar-refractivity contribution < 1.29 is 4.79 Å². The maximum absolute atomic E-state index is 12.3. The second-order valence-electron chi connectivity index (χ2n) is 6.40. The molecule has 2 aliphatic rings. The fourth-order valence-corrected chi connectivity index (χ4v) is 3.62. The standard InChI is InChI=1S/C18H27N3O/c22-18(21-13-9-19-10-14-21)8-12-20-11-4-7-17(20)15-16-5-2-1-3-6-16/h1-3,5-6,17,19H,4,7-15H2. The third-order valence-corrected chi connectivity index (χ3v) is 4.90. The van der Waals surface area contributed by atoms with Crippen LogP contribution in [0.15, 0.2) is 30.3 Å². The largest absolute Gasteiger partial charge is 0.340 e. The summed E-state index contributed by atoms with van der Waals surface area (Å²) in [5.74, 6) is 0.326. The summed E-state index contributed by atoms with van der Waals surface area (Å²) < 4.78 is 0. The van der Waals surface area contributed by atoms with E-state index in [-0.39, 0.29) is 0 Å². The molecule has 0 aliphatic carbocycles. The lowest BCUT2D eigenvalue weighted by Crippen LogP contribution is -2.47. The fraction of sp³-hybridized carbons (Fsp3) is 0.611. The van der Waals surface area contributed by atoms with Crippen LogP contribution >= 0.6 is 0 Å².